The van der Waals surface area contributed by atoms with Crippen LogP contribution in [0.1, 0.15) is 31.2 Å². The highest BCUT2D eigenvalue weighted by Gasteiger charge is 2.20. The van der Waals surface area contributed by atoms with Crippen LogP contribution in [-0.2, 0) is 19.7 Å². The monoisotopic (exact) mass is 272 g/mol. The second kappa shape index (κ2) is 6.05. The van der Waals surface area contributed by atoms with Gasteiger partial charge in [-0.05, 0) is 25.8 Å². The summed E-state index contributed by atoms with van der Waals surface area (Å²) in [4.78, 5) is 4.23. The van der Waals surface area contributed by atoms with E-state index in [9.17, 15) is 0 Å². The Labute approximate surface area is 119 Å². The molecule has 1 aliphatic rings. The van der Waals surface area contributed by atoms with Crippen LogP contribution < -0.4 is 10.1 Å². The highest BCUT2D eigenvalue weighted by atomic mass is 16.5. The van der Waals surface area contributed by atoms with Gasteiger partial charge in [-0.2, -0.15) is 5.10 Å². The van der Waals surface area contributed by atoms with E-state index in [-0.39, 0.29) is 0 Å². The molecule has 0 saturated heterocycles. The van der Waals surface area contributed by atoms with Gasteiger partial charge in [0.2, 0.25) is 0 Å². The van der Waals surface area contributed by atoms with Crippen LogP contribution in [-0.4, -0.2) is 20.8 Å². The highest BCUT2D eigenvalue weighted by molar-refractivity contribution is 5.33. The molecular weight excluding hydrogens is 252 g/mol. The lowest BCUT2D eigenvalue weighted by molar-refractivity contribution is 0.283. The topological polar surface area (TPSA) is 52.0 Å². The Hall–Kier alpha value is -1.88. The van der Waals surface area contributed by atoms with Crippen molar-refractivity contribution in [3.05, 3.63) is 42.0 Å². The molecular formula is C15H20N4O. The summed E-state index contributed by atoms with van der Waals surface area (Å²) in [7, 11) is 0. The quantitative estimate of drug-likeness (QED) is 0.839. The molecule has 5 heteroatoms. The average Bonchev–Trinajstić information content (AvgIpc) is 3.20. The number of ether oxygens (including phenoxy) is 1. The minimum atomic E-state index is 0.453. The van der Waals surface area contributed by atoms with Gasteiger partial charge in [-0.3, -0.25) is 0 Å². The number of hydrogen-bond donors (Lipinski definition) is 1. The lowest BCUT2D eigenvalue weighted by Gasteiger charge is -2.12. The van der Waals surface area contributed by atoms with Crippen LogP contribution in [0.3, 0.4) is 0 Å². The summed E-state index contributed by atoms with van der Waals surface area (Å²) in [6, 6.07) is 8.86. The smallest absolute Gasteiger partial charge is 0.164 e. The maximum atomic E-state index is 5.91. The number of nitrogens with one attached hydrogen (secondary N) is 1. The van der Waals surface area contributed by atoms with E-state index in [1.54, 1.807) is 6.33 Å². The summed E-state index contributed by atoms with van der Waals surface area (Å²) in [5, 5.41) is 7.67. The molecule has 1 aromatic carbocycles. The first-order valence-corrected chi connectivity index (χ1v) is 7.17. The zero-order valence-corrected chi connectivity index (χ0v) is 11.7. The van der Waals surface area contributed by atoms with E-state index in [4.69, 9.17) is 4.74 Å². The number of benzene rings is 1. The summed E-state index contributed by atoms with van der Waals surface area (Å²) in [5.41, 5.74) is 1.20. The fourth-order valence-corrected chi connectivity index (χ4v) is 2.14. The van der Waals surface area contributed by atoms with Crippen LogP contribution in [0.25, 0.3) is 0 Å². The fourth-order valence-electron chi connectivity index (χ4n) is 2.14. The van der Waals surface area contributed by atoms with Crippen LogP contribution in [0.5, 0.6) is 5.75 Å². The highest BCUT2D eigenvalue weighted by Crippen LogP contribution is 2.23. The van der Waals surface area contributed by atoms with Crippen LogP contribution in [0.15, 0.2) is 30.6 Å². The largest absolute Gasteiger partial charge is 0.485 e. The minimum absolute atomic E-state index is 0.453. The van der Waals surface area contributed by atoms with E-state index in [1.165, 1.54) is 18.4 Å². The molecule has 1 heterocycles. The van der Waals surface area contributed by atoms with Crippen LogP contribution in [0, 0.1) is 0 Å². The number of nitrogens with zero attached hydrogens (tertiary/aromatic N) is 3. The van der Waals surface area contributed by atoms with Gasteiger partial charge in [-0.25, -0.2) is 9.67 Å². The lowest BCUT2D eigenvalue weighted by atomic mass is 10.2. The van der Waals surface area contributed by atoms with Gasteiger partial charge in [0.15, 0.2) is 5.82 Å². The van der Waals surface area contributed by atoms with Crippen molar-refractivity contribution in [2.75, 3.05) is 0 Å². The Kier molecular flexibility index (Phi) is 3.97. The van der Waals surface area contributed by atoms with Crippen molar-refractivity contribution in [2.24, 2.45) is 0 Å². The number of rotatable bonds is 7. The van der Waals surface area contributed by atoms with E-state index in [0.717, 1.165) is 24.7 Å². The van der Waals surface area contributed by atoms with Crippen molar-refractivity contribution in [3.63, 3.8) is 0 Å². The standard InChI is InChI=1S/C15H20N4O/c1-2-19-15(17-11-18-19)10-20-14-6-4-3-5-12(14)9-16-13-7-8-13/h3-6,11,13,16H,2,7-10H2,1H3. The third-order valence-electron chi connectivity index (χ3n) is 3.48. The minimum Gasteiger partial charge on any atom is -0.485 e. The molecule has 0 unspecified atom stereocenters. The Morgan fingerprint density at radius 1 is 1.35 bits per heavy atom. The average molecular weight is 272 g/mol. The van der Waals surface area contributed by atoms with E-state index >= 15 is 0 Å². The van der Waals surface area contributed by atoms with Crippen LogP contribution in [0.4, 0.5) is 0 Å². The van der Waals surface area contributed by atoms with Crippen molar-refractivity contribution < 1.29 is 4.74 Å². The molecule has 0 spiro atoms. The third-order valence-corrected chi connectivity index (χ3v) is 3.48. The summed E-state index contributed by atoms with van der Waals surface area (Å²) < 4.78 is 7.77. The normalized spacial score (nSPS) is 14.4. The summed E-state index contributed by atoms with van der Waals surface area (Å²) in [5.74, 6) is 1.78. The van der Waals surface area contributed by atoms with Gasteiger partial charge < -0.3 is 10.1 Å². The molecule has 1 aromatic heterocycles. The van der Waals surface area contributed by atoms with Crippen LogP contribution in [0.2, 0.25) is 0 Å². The van der Waals surface area contributed by atoms with Crippen LogP contribution >= 0.6 is 0 Å². The first kappa shape index (κ1) is 13.1. The molecule has 1 N–H and O–H groups in total. The molecule has 0 amide bonds. The van der Waals surface area contributed by atoms with E-state index in [2.05, 4.69) is 21.5 Å². The Bertz CT molecular complexity index is 563. The van der Waals surface area contributed by atoms with Gasteiger partial charge in [0.1, 0.15) is 18.7 Å². The molecule has 1 fully saturated rings. The summed E-state index contributed by atoms with van der Waals surface area (Å²) in [6.07, 6.45) is 4.16. The summed E-state index contributed by atoms with van der Waals surface area (Å²) >= 11 is 0. The zero-order valence-electron chi connectivity index (χ0n) is 11.7. The van der Waals surface area contributed by atoms with Crippen molar-refractivity contribution in [2.45, 2.75) is 45.5 Å². The molecule has 0 atom stereocenters. The molecule has 1 aliphatic carbocycles. The van der Waals surface area contributed by atoms with Gasteiger partial charge in [0.05, 0.1) is 0 Å². The van der Waals surface area contributed by atoms with Gasteiger partial charge in [-0.15, -0.1) is 0 Å². The summed E-state index contributed by atoms with van der Waals surface area (Å²) in [6.45, 7) is 4.17. The van der Waals surface area contributed by atoms with Gasteiger partial charge >= 0.3 is 0 Å². The van der Waals surface area contributed by atoms with Gasteiger partial charge in [-0.1, -0.05) is 18.2 Å². The second-order valence-electron chi connectivity index (χ2n) is 5.04. The van der Waals surface area contributed by atoms with Gasteiger partial charge in [0.25, 0.3) is 0 Å². The predicted octanol–water partition coefficient (Wildman–Crippen LogP) is 2.13. The maximum absolute atomic E-state index is 5.91. The number of hydrogen-bond acceptors (Lipinski definition) is 4. The van der Waals surface area contributed by atoms with Crippen molar-refractivity contribution in [3.8, 4) is 5.75 Å². The Morgan fingerprint density at radius 3 is 3.00 bits per heavy atom. The van der Waals surface area contributed by atoms with E-state index in [0.29, 0.717) is 12.6 Å². The zero-order chi connectivity index (χ0) is 13.8. The van der Waals surface area contributed by atoms with Gasteiger partial charge in [0, 0.05) is 24.7 Å². The van der Waals surface area contributed by atoms with Crippen molar-refractivity contribution >= 4 is 0 Å². The molecule has 5 nitrogen and oxygen atoms in total. The first-order valence-electron chi connectivity index (χ1n) is 7.17. The maximum Gasteiger partial charge on any atom is 0.164 e. The molecule has 0 aliphatic heterocycles. The first-order chi connectivity index (χ1) is 9.86. The Morgan fingerprint density at radius 2 is 2.20 bits per heavy atom. The third kappa shape index (κ3) is 3.17. The molecule has 2 aromatic rings. The van der Waals surface area contributed by atoms with Crippen molar-refractivity contribution in [1.82, 2.24) is 20.1 Å². The number of para-hydroxylation sites is 1. The second-order valence-corrected chi connectivity index (χ2v) is 5.04. The SMILES string of the molecule is CCn1ncnc1COc1ccccc1CNC1CC1. The van der Waals surface area contributed by atoms with E-state index in [1.807, 2.05) is 29.8 Å². The predicted molar refractivity (Wildman–Crippen MR) is 76.3 cm³/mol. The molecule has 106 valence electrons. The number of aryl methyl sites for hydroxylation is 1. The molecule has 3 rings (SSSR count). The molecule has 20 heavy (non-hydrogen) atoms. The fraction of sp³-hybridized carbons (Fsp3) is 0.467. The molecule has 1 saturated carbocycles. The molecule has 0 bridgehead atoms. The lowest BCUT2D eigenvalue weighted by Crippen LogP contribution is -2.16. The number of aromatic nitrogens is 3. The Balaban J connectivity index is 1.63. The van der Waals surface area contributed by atoms with E-state index < -0.39 is 0 Å². The van der Waals surface area contributed by atoms with Crippen molar-refractivity contribution in [1.29, 1.82) is 0 Å². The molecule has 0 radical (unpaired) electrons.